The highest BCUT2D eigenvalue weighted by Crippen LogP contribution is 2.10. The molecule has 122 valence electrons. The number of anilines is 1. The van der Waals surface area contributed by atoms with Gasteiger partial charge in [-0.1, -0.05) is 0 Å². The summed E-state index contributed by atoms with van der Waals surface area (Å²) in [6.07, 6.45) is 0.938. The molecular weight excluding hydrogens is 308 g/mol. The summed E-state index contributed by atoms with van der Waals surface area (Å²) in [6.45, 7) is 7.25. The quantitative estimate of drug-likeness (QED) is 0.484. The molecule has 0 bridgehead atoms. The Hall–Kier alpha value is -2.21. The minimum absolute atomic E-state index is 0.0569. The van der Waals surface area contributed by atoms with Crippen LogP contribution >= 0.6 is 12.2 Å². The van der Waals surface area contributed by atoms with Gasteiger partial charge in [0.25, 0.3) is 0 Å². The number of aromatic nitrogens is 2. The van der Waals surface area contributed by atoms with Crippen molar-refractivity contribution in [2.45, 2.75) is 33.7 Å². The lowest BCUT2D eigenvalue weighted by atomic mass is 10.1. The van der Waals surface area contributed by atoms with Gasteiger partial charge in [-0.25, -0.2) is 0 Å². The zero-order chi connectivity index (χ0) is 16.8. The first-order valence-electron chi connectivity index (χ1n) is 7.62. The molecule has 6 heteroatoms. The molecule has 2 aromatic rings. The van der Waals surface area contributed by atoms with Gasteiger partial charge in [-0.15, -0.1) is 0 Å². The van der Waals surface area contributed by atoms with Crippen molar-refractivity contribution in [2.24, 2.45) is 0 Å². The molecule has 0 radical (unpaired) electrons. The van der Waals surface area contributed by atoms with Crippen LogP contribution in [-0.4, -0.2) is 27.2 Å². The Morgan fingerprint density at radius 2 is 1.96 bits per heavy atom. The highest BCUT2D eigenvalue weighted by atomic mass is 32.1. The van der Waals surface area contributed by atoms with Gasteiger partial charge >= 0.3 is 0 Å². The second kappa shape index (κ2) is 7.87. The third kappa shape index (κ3) is 5.17. The molecule has 0 aliphatic carbocycles. The number of aryl methyl sites for hydroxylation is 3. The minimum atomic E-state index is 0.0569. The second-order valence-electron chi connectivity index (χ2n) is 5.52. The fourth-order valence-electron chi connectivity index (χ4n) is 2.30. The predicted octanol–water partition coefficient (Wildman–Crippen LogP) is 3.08. The Kier molecular flexibility index (Phi) is 5.87. The van der Waals surface area contributed by atoms with E-state index in [0.717, 1.165) is 30.9 Å². The number of ketones is 1. The first kappa shape index (κ1) is 17.1. The maximum atomic E-state index is 11.2. The van der Waals surface area contributed by atoms with Crippen molar-refractivity contribution in [3.63, 3.8) is 0 Å². The lowest BCUT2D eigenvalue weighted by Crippen LogP contribution is -2.29. The summed E-state index contributed by atoms with van der Waals surface area (Å²) in [7, 11) is 0. The Bertz CT molecular complexity index is 691. The van der Waals surface area contributed by atoms with Crippen LogP contribution in [0.5, 0.6) is 0 Å². The molecule has 0 aliphatic rings. The van der Waals surface area contributed by atoms with Gasteiger partial charge in [-0.05, 0) is 69.7 Å². The number of rotatable bonds is 6. The smallest absolute Gasteiger partial charge is 0.170 e. The van der Waals surface area contributed by atoms with E-state index in [1.807, 2.05) is 23.7 Å². The zero-order valence-corrected chi connectivity index (χ0v) is 14.5. The third-order valence-electron chi connectivity index (χ3n) is 3.48. The maximum absolute atomic E-state index is 11.2. The van der Waals surface area contributed by atoms with E-state index in [-0.39, 0.29) is 5.78 Å². The van der Waals surface area contributed by atoms with Crippen molar-refractivity contribution in [2.75, 3.05) is 11.9 Å². The Morgan fingerprint density at radius 3 is 2.52 bits per heavy atom. The molecule has 0 saturated heterocycles. The molecule has 1 aromatic heterocycles. The van der Waals surface area contributed by atoms with Gasteiger partial charge in [-0.3, -0.25) is 9.48 Å². The van der Waals surface area contributed by atoms with Crippen molar-refractivity contribution in [1.82, 2.24) is 15.1 Å². The van der Waals surface area contributed by atoms with E-state index in [1.54, 1.807) is 19.1 Å². The molecule has 0 unspecified atom stereocenters. The topological polar surface area (TPSA) is 59.0 Å². The van der Waals surface area contributed by atoms with Gasteiger partial charge in [0, 0.05) is 30.0 Å². The molecule has 0 aliphatic heterocycles. The van der Waals surface area contributed by atoms with Gasteiger partial charge in [0.15, 0.2) is 10.9 Å². The summed E-state index contributed by atoms with van der Waals surface area (Å²) in [6, 6.07) is 9.34. The fourth-order valence-corrected chi connectivity index (χ4v) is 2.52. The van der Waals surface area contributed by atoms with E-state index in [0.29, 0.717) is 10.7 Å². The Labute approximate surface area is 142 Å². The Balaban J connectivity index is 1.72. The van der Waals surface area contributed by atoms with E-state index < -0.39 is 0 Å². The van der Waals surface area contributed by atoms with Gasteiger partial charge < -0.3 is 10.6 Å². The number of nitrogens with one attached hydrogen (secondary N) is 2. The van der Waals surface area contributed by atoms with Crippen LogP contribution in [0.3, 0.4) is 0 Å². The molecule has 23 heavy (non-hydrogen) atoms. The molecular formula is C17H22N4OS. The number of carbonyl (C=O) groups excluding carboxylic acids is 1. The number of Topliss-reactive ketones (excluding diaryl/α,β-unsaturated/α-hetero) is 1. The van der Waals surface area contributed by atoms with Crippen molar-refractivity contribution < 1.29 is 4.79 Å². The number of nitrogens with zero attached hydrogens (tertiary/aromatic N) is 2. The standard InChI is InChI=1S/C17H22N4OS/c1-12-11-13(2)21(20-12)10-4-9-18-17(23)19-16-7-5-15(6-8-16)14(3)22/h5-8,11H,4,9-10H2,1-3H3,(H2,18,19,23). The van der Waals surface area contributed by atoms with E-state index in [4.69, 9.17) is 12.2 Å². The summed E-state index contributed by atoms with van der Waals surface area (Å²) in [5.41, 5.74) is 3.78. The van der Waals surface area contributed by atoms with Crippen LogP contribution in [0, 0.1) is 13.8 Å². The molecule has 2 N–H and O–H groups in total. The molecule has 0 fully saturated rings. The van der Waals surface area contributed by atoms with E-state index in [2.05, 4.69) is 28.7 Å². The Morgan fingerprint density at radius 1 is 1.26 bits per heavy atom. The number of benzene rings is 1. The van der Waals surface area contributed by atoms with E-state index in [9.17, 15) is 4.79 Å². The molecule has 1 aromatic carbocycles. The van der Waals surface area contributed by atoms with Crippen LogP contribution in [-0.2, 0) is 6.54 Å². The van der Waals surface area contributed by atoms with Crippen molar-refractivity contribution >= 4 is 28.8 Å². The average Bonchev–Trinajstić information content (AvgIpc) is 2.82. The van der Waals surface area contributed by atoms with E-state index in [1.165, 1.54) is 5.69 Å². The molecule has 1 heterocycles. The zero-order valence-electron chi connectivity index (χ0n) is 13.7. The SMILES string of the molecule is CC(=O)c1ccc(NC(=S)NCCCn2nc(C)cc2C)cc1. The second-order valence-corrected chi connectivity index (χ2v) is 5.93. The summed E-state index contributed by atoms with van der Waals surface area (Å²) < 4.78 is 2.01. The lowest BCUT2D eigenvalue weighted by Gasteiger charge is -2.11. The summed E-state index contributed by atoms with van der Waals surface area (Å²) in [5, 5.41) is 11.3. The number of carbonyl (C=O) groups is 1. The fraction of sp³-hybridized carbons (Fsp3) is 0.353. The number of hydrogen-bond donors (Lipinski definition) is 2. The van der Waals surface area contributed by atoms with Gasteiger partial charge in [0.2, 0.25) is 0 Å². The van der Waals surface area contributed by atoms with Crippen molar-refractivity contribution in [3.8, 4) is 0 Å². The average molecular weight is 330 g/mol. The van der Waals surface area contributed by atoms with Gasteiger partial charge in [0.05, 0.1) is 5.69 Å². The highest BCUT2D eigenvalue weighted by molar-refractivity contribution is 7.80. The van der Waals surface area contributed by atoms with E-state index >= 15 is 0 Å². The lowest BCUT2D eigenvalue weighted by molar-refractivity contribution is 0.101. The summed E-state index contributed by atoms with van der Waals surface area (Å²) in [5.74, 6) is 0.0569. The van der Waals surface area contributed by atoms with Crippen LogP contribution in [0.25, 0.3) is 0 Å². The normalized spacial score (nSPS) is 10.4. The first-order chi connectivity index (χ1) is 11.0. The van der Waals surface area contributed by atoms with Crippen LogP contribution in [0.4, 0.5) is 5.69 Å². The molecule has 0 amide bonds. The van der Waals surface area contributed by atoms with Crippen molar-refractivity contribution in [3.05, 3.63) is 47.3 Å². The monoisotopic (exact) mass is 330 g/mol. The minimum Gasteiger partial charge on any atom is -0.362 e. The maximum Gasteiger partial charge on any atom is 0.170 e. The molecule has 2 rings (SSSR count). The summed E-state index contributed by atoms with van der Waals surface area (Å²) in [4.78, 5) is 11.2. The molecule has 0 atom stereocenters. The summed E-state index contributed by atoms with van der Waals surface area (Å²) >= 11 is 5.27. The van der Waals surface area contributed by atoms with Crippen molar-refractivity contribution in [1.29, 1.82) is 0 Å². The van der Waals surface area contributed by atoms with Gasteiger partial charge in [-0.2, -0.15) is 5.10 Å². The van der Waals surface area contributed by atoms with Crippen LogP contribution in [0.2, 0.25) is 0 Å². The first-order valence-corrected chi connectivity index (χ1v) is 8.03. The predicted molar refractivity (Wildman–Crippen MR) is 97.0 cm³/mol. The van der Waals surface area contributed by atoms with Crippen LogP contribution in [0.1, 0.15) is 35.1 Å². The molecule has 0 saturated carbocycles. The molecule has 5 nitrogen and oxygen atoms in total. The molecule has 0 spiro atoms. The largest absolute Gasteiger partial charge is 0.362 e. The highest BCUT2D eigenvalue weighted by Gasteiger charge is 2.02. The van der Waals surface area contributed by atoms with Crippen LogP contribution in [0.15, 0.2) is 30.3 Å². The third-order valence-corrected chi connectivity index (χ3v) is 3.73. The van der Waals surface area contributed by atoms with Gasteiger partial charge in [0.1, 0.15) is 0 Å². The number of hydrogen-bond acceptors (Lipinski definition) is 3. The number of thiocarbonyl (C=S) groups is 1. The van der Waals surface area contributed by atoms with Crippen LogP contribution < -0.4 is 10.6 Å².